The van der Waals surface area contributed by atoms with Gasteiger partial charge in [0.05, 0.1) is 5.56 Å². The molecule has 0 atom stereocenters. The van der Waals surface area contributed by atoms with E-state index < -0.39 is 17.4 Å². The van der Waals surface area contributed by atoms with Crippen LogP contribution in [0, 0.1) is 11.3 Å². The molecular weight excluding hydrogens is 160 g/mol. The average molecular weight is 164 g/mol. The van der Waals surface area contributed by atoms with E-state index in [1.165, 1.54) is 0 Å². The molecule has 0 aromatic carbocycles. The van der Waals surface area contributed by atoms with Crippen molar-refractivity contribution in [3.05, 3.63) is 23.5 Å². The highest BCUT2D eigenvalue weighted by atomic mass is 16.4. The number of hydrogen-bond donors (Lipinski definition) is 2. The SMILES string of the molecule is N#Cc1cnc(C(=O)O)c(O)c1. The molecule has 0 radical (unpaired) electrons. The fourth-order valence-corrected chi connectivity index (χ4v) is 0.679. The molecule has 0 aliphatic heterocycles. The molecule has 1 rings (SSSR count). The van der Waals surface area contributed by atoms with Crippen LogP contribution in [0.1, 0.15) is 16.1 Å². The number of rotatable bonds is 1. The van der Waals surface area contributed by atoms with Crippen LogP contribution in [0.15, 0.2) is 12.3 Å². The lowest BCUT2D eigenvalue weighted by Crippen LogP contribution is -2.00. The van der Waals surface area contributed by atoms with Gasteiger partial charge >= 0.3 is 5.97 Å². The molecule has 0 spiro atoms. The summed E-state index contributed by atoms with van der Waals surface area (Å²) in [5.74, 6) is -1.82. The first-order valence-electron chi connectivity index (χ1n) is 2.97. The maximum atomic E-state index is 10.3. The van der Waals surface area contributed by atoms with Crippen molar-refractivity contribution in [1.29, 1.82) is 5.26 Å². The molecule has 12 heavy (non-hydrogen) atoms. The lowest BCUT2D eigenvalue weighted by Gasteiger charge is -1.96. The van der Waals surface area contributed by atoms with E-state index >= 15 is 0 Å². The summed E-state index contributed by atoms with van der Waals surface area (Å²) in [5, 5.41) is 25.8. The molecule has 2 N–H and O–H groups in total. The fraction of sp³-hybridized carbons (Fsp3) is 0. The Morgan fingerprint density at radius 2 is 2.33 bits per heavy atom. The fourth-order valence-electron chi connectivity index (χ4n) is 0.679. The lowest BCUT2D eigenvalue weighted by atomic mass is 10.2. The van der Waals surface area contributed by atoms with Crippen molar-refractivity contribution in [3.63, 3.8) is 0 Å². The summed E-state index contributed by atoms with van der Waals surface area (Å²) in [4.78, 5) is 13.7. The number of hydrogen-bond acceptors (Lipinski definition) is 4. The van der Waals surface area contributed by atoms with Crippen molar-refractivity contribution in [2.45, 2.75) is 0 Å². The van der Waals surface area contributed by atoms with Gasteiger partial charge in [0.2, 0.25) is 0 Å². The number of aromatic hydroxyl groups is 1. The third-order valence-electron chi connectivity index (χ3n) is 1.20. The van der Waals surface area contributed by atoms with Crippen LogP contribution in [-0.2, 0) is 0 Å². The summed E-state index contributed by atoms with van der Waals surface area (Å²) in [6, 6.07) is 2.77. The minimum absolute atomic E-state index is 0.123. The summed E-state index contributed by atoms with van der Waals surface area (Å²) >= 11 is 0. The van der Waals surface area contributed by atoms with E-state index in [1.54, 1.807) is 6.07 Å². The molecule has 0 aliphatic rings. The first kappa shape index (κ1) is 8.01. The van der Waals surface area contributed by atoms with Crippen molar-refractivity contribution >= 4 is 5.97 Å². The maximum absolute atomic E-state index is 10.3. The van der Waals surface area contributed by atoms with E-state index in [1.807, 2.05) is 0 Å². The first-order valence-corrected chi connectivity index (χ1v) is 2.97. The minimum atomic E-state index is -1.32. The Morgan fingerprint density at radius 1 is 1.67 bits per heavy atom. The van der Waals surface area contributed by atoms with Crippen molar-refractivity contribution in [1.82, 2.24) is 4.98 Å². The standard InChI is InChI=1S/C7H4N2O3/c8-2-4-1-5(10)6(7(11)12)9-3-4/h1,3,10H,(H,11,12). The van der Waals surface area contributed by atoms with Crippen molar-refractivity contribution in [3.8, 4) is 11.8 Å². The van der Waals surface area contributed by atoms with Gasteiger partial charge in [0.1, 0.15) is 11.8 Å². The van der Waals surface area contributed by atoms with Gasteiger partial charge in [-0.3, -0.25) is 0 Å². The number of carbonyl (C=O) groups is 1. The van der Waals surface area contributed by atoms with E-state index in [4.69, 9.17) is 15.5 Å². The zero-order valence-corrected chi connectivity index (χ0v) is 5.85. The highest BCUT2D eigenvalue weighted by molar-refractivity contribution is 5.88. The topological polar surface area (TPSA) is 94.2 Å². The van der Waals surface area contributed by atoms with Gasteiger partial charge in [-0.2, -0.15) is 5.26 Å². The smallest absolute Gasteiger partial charge is 0.358 e. The molecule has 0 saturated heterocycles. The molecule has 1 heterocycles. The molecule has 0 amide bonds. The molecule has 0 fully saturated rings. The molecule has 1 aromatic heterocycles. The maximum Gasteiger partial charge on any atom is 0.358 e. The number of aromatic nitrogens is 1. The van der Waals surface area contributed by atoms with E-state index in [2.05, 4.69) is 4.98 Å². The van der Waals surface area contributed by atoms with Gasteiger partial charge in [-0.05, 0) is 0 Å². The second kappa shape index (κ2) is 2.88. The number of nitriles is 1. The normalized spacial score (nSPS) is 8.92. The Bertz CT molecular complexity index is 367. The highest BCUT2D eigenvalue weighted by Crippen LogP contribution is 2.14. The van der Waals surface area contributed by atoms with Gasteiger partial charge in [0.25, 0.3) is 0 Å². The molecule has 1 aromatic rings. The molecule has 5 nitrogen and oxygen atoms in total. The number of pyridine rings is 1. The van der Waals surface area contributed by atoms with Crippen molar-refractivity contribution < 1.29 is 15.0 Å². The van der Waals surface area contributed by atoms with Crippen LogP contribution in [0.2, 0.25) is 0 Å². The Hall–Kier alpha value is -2.09. The summed E-state index contributed by atoms with van der Waals surface area (Å²) < 4.78 is 0. The molecule has 0 aliphatic carbocycles. The second-order valence-corrected chi connectivity index (χ2v) is 2.01. The summed E-state index contributed by atoms with van der Waals surface area (Å²) in [6.45, 7) is 0. The Balaban J connectivity index is 3.23. The van der Waals surface area contributed by atoms with E-state index in [-0.39, 0.29) is 5.56 Å². The first-order chi connectivity index (χ1) is 5.65. The number of nitrogens with zero attached hydrogens (tertiary/aromatic N) is 2. The Kier molecular flexibility index (Phi) is 1.92. The predicted molar refractivity (Wildman–Crippen MR) is 37.6 cm³/mol. The van der Waals surface area contributed by atoms with E-state index in [9.17, 15) is 4.79 Å². The molecule has 0 bridgehead atoms. The van der Waals surface area contributed by atoms with Crippen LogP contribution in [0.3, 0.4) is 0 Å². The summed E-state index contributed by atoms with van der Waals surface area (Å²) in [6.07, 6.45) is 1.09. The number of carboxylic acids is 1. The van der Waals surface area contributed by atoms with Crippen LogP contribution < -0.4 is 0 Å². The van der Waals surface area contributed by atoms with Crippen LogP contribution >= 0.6 is 0 Å². The highest BCUT2D eigenvalue weighted by Gasteiger charge is 2.10. The molecule has 0 saturated carbocycles. The van der Waals surface area contributed by atoms with Gasteiger partial charge in [0.15, 0.2) is 5.69 Å². The lowest BCUT2D eigenvalue weighted by molar-refractivity contribution is 0.0687. The zero-order valence-electron chi connectivity index (χ0n) is 5.85. The van der Waals surface area contributed by atoms with Crippen molar-refractivity contribution in [2.75, 3.05) is 0 Å². The van der Waals surface area contributed by atoms with E-state index in [0.717, 1.165) is 12.3 Å². The van der Waals surface area contributed by atoms with Gasteiger partial charge < -0.3 is 10.2 Å². The summed E-state index contributed by atoms with van der Waals surface area (Å²) in [5.41, 5.74) is -0.327. The zero-order chi connectivity index (χ0) is 9.14. The molecular formula is C7H4N2O3. The Morgan fingerprint density at radius 3 is 2.75 bits per heavy atom. The monoisotopic (exact) mass is 164 g/mol. The molecule has 5 heteroatoms. The third-order valence-corrected chi connectivity index (χ3v) is 1.20. The van der Waals surface area contributed by atoms with Crippen molar-refractivity contribution in [2.24, 2.45) is 0 Å². The molecule has 0 unspecified atom stereocenters. The average Bonchev–Trinajstić information content (AvgIpc) is 2.03. The third kappa shape index (κ3) is 1.32. The van der Waals surface area contributed by atoms with Gasteiger partial charge in [-0.15, -0.1) is 0 Å². The van der Waals surface area contributed by atoms with Crippen LogP contribution in [0.25, 0.3) is 0 Å². The largest absolute Gasteiger partial charge is 0.505 e. The quantitative estimate of drug-likeness (QED) is 0.624. The van der Waals surface area contributed by atoms with Gasteiger partial charge in [0, 0.05) is 12.3 Å². The van der Waals surface area contributed by atoms with Gasteiger partial charge in [-0.25, -0.2) is 9.78 Å². The van der Waals surface area contributed by atoms with E-state index in [0.29, 0.717) is 0 Å². The second-order valence-electron chi connectivity index (χ2n) is 2.01. The molecule has 60 valence electrons. The van der Waals surface area contributed by atoms with Crippen LogP contribution in [-0.4, -0.2) is 21.2 Å². The van der Waals surface area contributed by atoms with Crippen LogP contribution in [0.4, 0.5) is 0 Å². The Labute approximate surface area is 67.5 Å². The summed E-state index contributed by atoms with van der Waals surface area (Å²) in [7, 11) is 0. The van der Waals surface area contributed by atoms with Gasteiger partial charge in [-0.1, -0.05) is 0 Å². The predicted octanol–water partition coefficient (Wildman–Crippen LogP) is 0.357. The minimum Gasteiger partial charge on any atom is -0.505 e. The number of aromatic carboxylic acids is 1. The van der Waals surface area contributed by atoms with Crippen LogP contribution in [0.5, 0.6) is 5.75 Å². The number of carboxylic acid groups (broad SMARTS) is 1.